The number of carbonyl (C=O) groups is 3. The predicted octanol–water partition coefficient (Wildman–Crippen LogP) is 2.26. The molecule has 0 heterocycles. The zero-order chi connectivity index (χ0) is 19.1. The highest BCUT2D eigenvalue weighted by Gasteiger charge is 2.29. The lowest BCUT2D eigenvalue weighted by atomic mass is 10.1. The molecule has 26 heavy (non-hydrogen) atoms. The van der Waals surface area contributed by atoms with Crippen molar-refractivity contribution < 1.29 is 23.9 Å². The van der Waals surface area contributed by atoms with Crippen LogP contribution in [0, 0.1) is 0 Å². The fourth-order valence-corrected chi connectivity index (χ4v) is 2.45. The van der Waals surface area contributed by atoms with Crippen molar-refractivity contribution in [3.8, 4) is 11.5 Å². The number of hydrogen-bond donors (Lipinski definition) is 1. The summed E-state index contributed by atoms with van der Waals surface area (Å²) in [6, 6.07) is 12.5. The van der Waals surface area contributed by atoms with Gasteiger partial charge in [-0.25, -0.2) is 0 Å². The minimum atomic E-state index is -1.02. The van der Waals surface area contributed by atoms with Crippen LogP contribution in [0.2, 0.25) is 0 Å². The number of para-hydroxylation sites is 4. The van der Waals surface area contributed by atoms with Crippen LogP contribution in [-0.2, 0) is 14.4 Å². The highest BCUT2D eigenvalue weighted by Crippen LogP contribution is 2.28. The summed E-state index contributed by atoms with van der Waals surface area (Å²) in [7, 11) is 2.92. The lowest BCUT2D eigenvalue weighted by molar-refractivity contribution is -0.135. The second kappa shape index (κ2) is 8.66. The monoisotopic (exact) mass is 356 g/mol. The van der Waals surface area contributed by atoms with Crippen molar-refractivity contribution in [3.63, 3.8) is 0 Å². The minimum absolute atomic E-state index is 0.371. The Morgan fingerprint density at radius 3 is 2.19 bits per heavy atom. The van der Waals surface area contributed by atoms with E-state index in [1.165, 1.54) is 21.1 Å². The van der Waals surface area contributed by atoms with Gasteiger partial charge in [0.05, 0.1) is 25.6 Å². The summed E-state index contributed by atoms with van der Waals surface area (Å²) >= 11 is 0. The van der Waals surface area contributed by atoms with Gasteiger partial charge in [-0.15, -0.1) is 0 Å². The van der Waals surface area contributed by atoms with Crippen molar-refractivity contribution in [1.29, 1.82) is 0 Å². The van der Waals surface area contributed by atoms with Gasteiger partial charge in [0.15, 0.2) is 0 Å². The maximum atomic E-state index is 12.5. The first kappa shape index (κ1) is 19.0. The van der Waals surface area contributed by atoms with Crippen LogP contribution in [0.4, 0.5) is 11.4 Å². The molecule has 2 amide bonds. The van der Waals surface area contributed by atoms with Crippen molar-refractivity contribution in [2.75, 3.05) is 24.4 Å². The number of nitrogens with one attached hydrogen (secondary N) is 1. The summed E-state index contributed by atoms with van der Waals surface area (Å²) in [6.07, 6.45) is 0.497. The summed E-state index contributed by atoms with van der Waals surface area (Å²) in [5.74, 6) is -0.764. The van der Waals surface area contributed by atoms with Gasteiger partial charge in [-0.05, 0) is 31.2 Å². The third kappa shape index (κ3) is 4.00. The normalized spacial score (nSPS) is 11.2. The van der Waals surface area contributed by atoms with Gasteiger partial charge in [0, 0.05) is 0 Å². The van der Waals surface area contributed by atoms with Crippen LogP contribution in [0.3, 0.4) is 0 Å². The van der Waals surface area contributed by atoms with Gasteiger partial charge in [-0.2, -0.15) is 0 Å². The van der Waals surface area contributed by atoms with Crippen molar-refractivity contribution in [2.24, 2.45) is 0 Å². The number of benzene rings is 2. The molecule has 1 N–H and O–H groups in total. The van der Waals surface area contributed by atoms with Crippen LogP contribution in [-0.4, -0.2) is 38.4 Å². The summed E-state index contributed by atoms with van der Waals surface area (Å²) in [5.41, 5.74) is 0.770. The van der Waals surface area contributed by atoms with E-state index in [-0.39, 0.29) is 0 Å². The molecule has 2 rings (SSSR count). The number of anilines is 2. The zero-order valence-electron chi connectivity index (χ0n) is 14.8. The van der Waals surface area contributed by atoms with Crippen LogP contribution < -0.4 is 19.7 Å². The van der Waals surface area contributed by atoms with Crippen LogP contribution in [0.25, 0.3) is 0 Å². The van der Waals surface area contributed by atoms with Crippen molar-refractivity contribution in [3.05, 3.63) is 48.5 Å². The molecular weight excluding hydrogens is 336 g/mol. The van der Waals surface area contributed by atoms with Gasteiger partial charge >= 0.3 is 0 Å². The molecule has 1 atom stereocenters. The molecule has 0 aliphatic rings. The number of ether oxygens (including phenoxy) is 2. The van der Waals surface area contributed by atoms with E-state index in [0.717, 1.165) is 4.90 Å². The first-order valence-electron chi connectivity index (χ1n) is 7.88. The summed E-state index contributed by atoms with van der Waals surface area (Å²) < 4.78 is 10.4. The molecule has 0 aliphatic heterocycles. The molecule has 0 aromatic heterocycles. The Labute approximate surface area is 151 Å². The van der Waals surface area contributed by atoms with Gasteiger partial charge in [-0.3, -0.25) is 14.4 Å². The van der Waals surface area contributed by atoms with Crippen molar-refractivity contribution >= 4 is 29.5 Å². The Bertz CT molecular complexity index is 806. The third-order valence-corrected chi connectivity index (χ3v) is 3.85. The van der Waals surface area contributed by atoms with E-state index in [1.54, 1.807) is 48.5 Å². The number of Topliss-reactive ketones (excluding diaryl/α,β-unsaturated/α-hetero) is 1. The van der Waals surface area contributed by atoms with Gasteiger partial charge in [0.2, 0.25) is 12.2 Å². The fraction of sp³-hybridized carbons (Fsp3) is 0.211. The lowest BCUT2D eigenvalue weighted by Crippen LogP contribution is -2.43. The quantitative estimate of drug-likeness (QED) is 0.579. The van der Waals surface area contributed by atoms with E-state index >= 15 is 0 Å². The third-order valence-electron chi connectivity index (χ3n) is 3.85. The SMILES string of the molecule is COc1ccccc1NC(=O)C(=O)C(C)N(C=O)c1ccccc1OC. The van der Waals surface area contributed by atoms with Gasteiger partial charge in [0.25, 0.3) is 5.91 Å². The Balaban J connectivity index is 2.21. The number of rotatable bonds is 8. The topological polar surface area (TPSA) is 84.9 Å². The molecule has 1 unspecified atom stereocenters. The molecule has 0 aliphatic carbocycles. The van der Waals surface area contributed by atoms with Crippen LogP contribution in [0.1, 0.15) is 6.92 Å². The largest absolute Gasteiger partial charge is 0.495 e. The summed E-state index contributed by atoms with van der Waals surface area (Å²) in [4.78, 5) is 37.6. The molecule has 0 radical (unpaired) electrons. The first-order chi connectivity index (χ1) is 12.5. The number of amides is 2. The zero-order valence-corrected chi connectivity index (χ0v) is 14.8. The fourth-order valence-electron chi connectivity index (χ4n) is 2.45. The van der Waals surface area contributed by atoms with Gasteiger partial charge < -0.3 is 19.7 Å². The molecular formula is C19H20N2O5. The van der Waals surface area contributed by atoms with Crippen LogP contribution >= 0.6 is 0 Å². The summed E-state index contributed by atoms with van der Waals surface area (Å²) in [5, 5.41) is 2.51. The highest BCUT2D eigenvalue weighted by molar-refractivity contribution is 6.43. The second-order valence-corrected chi connectivity index (χ2v) is 5.38. The van der Waals surface area contributed by atoms with Crippen LogP contribution in [0.15, 0.2) is 48.5 Å². The number of nitrogens with zero attached hydrogens (tertiary/aromatic N) is 1. The van der Waals surface area contributed by atoms with E-state index < -0.39 is 17.7 Å². The second-order valence-electron chi connectivity index (χ2n) is 5.38. The molecule has 0 spiro atoms. The maximum absolute atomic E-state index is 12.5. The number of ketones is 1. The molecule has 7 nitrogen and oxygen atoms in total. The molecule has 0 saturated carbocycles. The molecule has 2 aromatic rings. The molecule has 0 fully saturated rings. The maximum Gasteiger partial charge on any atom is 0.294 e. The Hall–Kier alpha value is -3.35. The van der Waals surface area contributed by atoms with Crippen molar-refractivity contribution in [1.82, 2.24) is 0 Å². The van der Waals surface area contributed by atoms with E-state index in [9.17, 15) is 14.4 Å². The van der Waals surface area contributed by atoms with Crippen LogP contribution in [0.5, 0.6) is 11.5 Å². The van der Waals surface area contributed by atoms with E-state index in [1.807, 2.05) is 0 Å². The average Bonchev–Trinajstić information content (AvgIpc) is 2.68. The Kier molecular flexibility index (Phi) is 6.32. The molecule has 136 valence electrons. The first-order valence-corrected chi connectivity index (χ1v) is 7.88. The highest BCUT2D eigenvalue weighted by atomic mass is 16.5. The van der Waals surface area contributed by atoms with Gasteiger partial charge in [-0.1, -0.05) is 24.3 Å². The Morgan fingerprint density at radius 1 is 1.00 bits per heavy atom. The molecule has 0 bridgehead atoms. The average molecular weight is 356 g/mol. The van der Waals surface area contributed by atoms with Crippen molar-refractivity contribution in [2.45, 2.75) is 13.0 Å². The smallest absolute Gasteiger partial charge is 0.294 e. The molecule has 7 heteroatoms. The number of carbonyl (C=O) groups excluding carboxylic acids is 3. The number of methoxy groups -OCH3 is 2. The standard InChI is InChI=1S/C19H20N2O5/c1-13(21(12-22)15-9-5-7-11-17(15)26-3)18(23)19(24)20-14-8-4-6-10-16(14)25-2/h4-13H,1-3H3,(H,20,24). The van der Waals surface area contributed by atoms with E-state index in [2.05, 4.69) is 5.32 Å². The van der Waals surface area contributed by atoms with E-state index in [4.69, 9.17) is 9.47 Å². The molecule has 2 aromatic carbocycles. The number of hydrogen-bond acceptors (Lipinski definition) is 5. The molecule has 0 saturated heterocycles. The predicted molar refractivity (Wildman–Crippen MR) is 97.6 cm³/mol. The lowest BCUT2D eigenvalue weighted by Gasteiger charge is -2.25. The van der Waals surface area contributed by atoms with Gasteiger partial charge in [0.1, 0.15) is 17.5 Å². The minimum Gasteiger partial charge on any atom is -0.495 e. The Morgan fingerprint density at radius 2 is 1.58 bits per heavy atom. The van der Waals surface area contributed by atoms with E-state index in [0.29, 0.717) is 29.3 Å². The summed E-state index contributed by atoms with van der Waals surface area (Å²) in [6.45, 7) is 1.48.